The number of aromatic nitrogens is 2. The highest BCUT2D eigenvalue weighted by molar-refractivity contribution is 6.28. The Labute approximate surface area is 253 Å². The predicted octanol–water partition coefficient (Wildman–Crippen LogP) is 11.3. The smallest absolute Gasteiger partial charge is 0.0562 e. The molecule has 204 valence electrons. The standard InChI is InChI=1S/C42H26N2/c1-2-13-27(14-3-1)43-37-22-10-8-18-31(37)35-25-36-32-19-9-11-23-38(32)44(41(36)26-40(35)43)39-24-12-21-34-30-16-5-4-15-28(30)29-17-6-7-20-33(29)42(34)39/h1-26H. The fourth-order valence-electron chi connectivity index (χ4n) is 7.67. The highest BCUT2D eigenvalue weighted by Crippen LogP contribution is 2.43. The lowest BCUT2D eigenvalue weighted by molar-refractivity contribution is 1.17. The van der Waals surface area contributed by atoms with Crippen molar-refractivity contribution in [1.29, 1.82) is 0 Å². The number of benzene rings is 8. The third kappa shape index (κ3) is 3.09. The third-order valence-electron chi connectivity index (χ3n) is 9.47. The summed E-state index contributed by atoms with van der Waals surface area (Å²) in [6.07, 6.45) is 0. The number of para-hydroxylation sites is 3. The van der Waals surface area contributed by atoms with E-state index in [2.05, 4.69) is 167 Å². The maximum Gasteiger partial charge on any atom is 0.0562 e. The van der Waals surface area contributed by atoms with E-state index in [1.165, 1.54) is 87.3 Å². The molecule has 0 aliphatic rings. The summed E-state index contributed by atoms with van der Waals surface area (Å²) in [5.41, 5.74) is 7.24. The minimum atomic E-state index is 1.17. The number of fused-ring (bicyclic) bond motifs is 12. The third-order valence-corrected chi connectivity index (χ3v) is 9.47. The van der Waals surface area contributed by atoms with E-state index in [0.29, 0.717) is 0 Å². The van der Waals surface area contributed by atoms with Gasteiger partial charge < -0.3 is 9.13 Å². The first kappa shape index (κ1) is 23.7. The van der Waals surface area contributed by atoms with Crippen molar-refractivity contribution in [3.8, 4) is 11.4 Å². The molecule has 0 aliphatic heterocycles. The molecule has 0 spiro atoms. The van der Waals surface area contributed by atoms with Gasteiger partial charge >= 0.3 is 0 Å². The Hall–Kier alpha value is -5.86. The molecule has 0 saturated carbocycles. The fourth-order valence-corrected chi connectivity index (χ4v) is 7.67. The van der Waals surface area contributed by atoms with Gasteiger partial charge in [-0.05, 0) is 69.4 Å². The lowest BCUT2D eigenvalue weighted by atomic mass is 9.93. The Morgan fingerprint density at radius 2 is 0.727 bits per heavy atom. The zero-order chi connectivity index (χ0) is 28.8. The molecule has 0 unspecified atom stereocenters. The average molecular weight is 559 g/mol. The molecule has 8 aromatic carbocycles. The van der Waals surface area contributed by atoms with E-state index in [9.17, 15) is 0 Å². The van der Waals surface area contributed by atoms with Crippen LogP contribution in [0.2, 0.25) is 0 Å². The van der Waals surface area contributed by atoms with Crippen LogP contribution in [-0.2, 0) is 0 Å². The molecule has 0 N–H and O–H groups in total. The van der Waals surface area contributed by atoms with E-state index < -0.39 is 0 Å². The van der Waals surface area contributed by atoms with Gasteiger partial charge in [0.15, 0.2) is 0 Å². The molecule has 10 rings (SSSR count). The number of rotatable bonds is 2. The maximum atomic E-state index is 2.50. The first-order valence-corrected chi connectivity index (χ1v) is 15.2. The van der Waals surface area contributed by atoms with E-state index in [0.717, 1.165) is 0 Å². The fraction of sp³-hybridized carbons (Fsp3) is 0. The van der Waals surface area contributed by atoms with Crippen molar-refractivity contribution in [3.63, 3.8) is 0 Å². The van der Waals surface area contributed by atoms with Crippen LogP contribution in [0, 0.1) is 0 Å². The van der Waals surface area contributed by atoms with Crippen LogP contribution in [0.15, 0.2) is 158 Å². The van der Waals surface area contributed by atoms with Crippen molar-refractivity contribution in [2.24, 2.45) is 0 Å². The topological polar surface area (TPSA) is 9.86 Å². The van der Waals surface area contributed by atoms with Crippen LogP contribution < -0.4 is 0 Å². The molecule has 0 atom stereocenters. The second kappa shape index (κ2) is 8.82. The van der Waals surface area contributed by atoms with Crippen LogP contribution in [0.5, 0.6) is 0 Å². The highest BCUT2D eigenvalue weighted by Gasteiger charge is 2.20. The quantitative estimate of drug-likeness (QED) is 0.187. The van der Waals surface area contributed by atoms with Crippen molar-refractivity contribution in [3.05, 3.63) is 158 Å². The first-order valence-electron chi connectivity index (χ1n) is 15.2. The molecular weight excluding hydrogens is 532 g/mol. The summed E-state index contributed by atoms with van der Waals surface area (Å²) in [6.45, 7) is 0. The Morgan fingerprint density at radius 1 is 0.273 bits per heavy atom. The largest absolute Gasteiger partial charge is 0.309 e. The maximum absolute atomic E-state index is 2.50. The van der Waals surface area contributed by atoms with Crippen molar-refractivity contribution in [1.82, 2.24) is 9.13 Å². The molecule has 0 saturated heterocycles. The minimum absolute atomic E-state index is 1.17. The van der Waals surface area contributed by atoms with E-state index in [1.807, 2.05) is 0 Å². The van der Waals surface area contributed by atoms with Gasteiger partial charge in [0.1, 0.15) is 0 Å². The van der Waals surface area contributed by atoms with Crippen molar-refractivity contribution in [2.75, 3.05) is 0 Å². The number of hydrogen-bond donors (Lipinski definition) is 0. The predicted molar refractivity (Wildman–Crippen MR) is 188 cm³/mol. The second-order valence-electron chi connectivity index (χ2n) is 11.7. The van der Waals surface area contributed by atoms with Gasteiger partial charge in [0.25, 0.3) is 0 Å². The van der Waals surface area contributed by atoms with Crippen molar-refractivity contribution >= 4 is 75.9 Å². The average Bonchev–Trinajstić information content (AvgIpc) is 3.59. The molecule has 0 fully saturated rings. The lowest BCUT2D eigenvalue weighted by Crippen LogP contribution is -1.97. The monoisotopic (exact) mass is 558 g/mol. The second-order valence-corrected chi connectivity index (χ2v) is 11.7. The zero-order valence-corrected chi connectivity index (χ0v) is 23.9. The molecular formula is C42H26N2. The van der Waals surface area contributed by atoms with Gasteiger partial charge in [0.05, 0.1) is 27.8 Å². The summed E-state index contributed by atoms with van der Waals surface area (Å²) >= 11 is 0. The summed E-state index contributed by atoms with van der Waals surface area (Å²) in [7, 11) is 0. The Morgan fingerprint density at radius 3 is 1.36 bits per heavy atom. The molecule has 44 heavy (non-hydrogen) atoms. The number of hydrogen-bond acceptors (Lipinski definition) is 0. The van der Waals surface area contributed by atoms with E-state index >= 15 is 0 Å². The van der Waals surface area contributed by atoms with E-state index in [-0.39, 0.29) is 0 Å². The molecule has 2 aromatic heterocycles. The van der Waals surface area contributed by atoms with Gasteiger partial charge in [-0.25, -0.2) is 0 Å². The van der Waals surface area contributed by atoms with Gasteiger partial charge in [-0.3, -0.25) is 0 Å². The molecule has 2 heteroatoms. The molecule has 2 heterocycles. The Kier molecular flexibility index (Phi) is 4.75. The Bertz CT molecular complexity index is 2720. The first-order chi connectivity index (χ1) is 21.9. The minimum Gasteiger partial charge on any atom is -0.309 e. The van der Waals surface area contributed by atoms with Crippen LogP contribution in [0.1, 0.15) is 0 Å². The van der Waals surface area contributed by atoms with Crippen LogP contribution in [0.3, 0.4) is 0 Å². The van der Waals surface area contributed by atoms with Crippen LogP contribution in [0.4, 0.5) is 0 Å². The molecule has 0 aliphatic carbocycles. The van der Waals surface area contributed by atoms with Crippen LogP contribution in [-0.4, -0.2) is 9.13 Å². The molecule has 0 amide bonds. The number of nitrogens with zero attached hydrogens (tertiary/aromatic N) is 2. The normalized spacial score (nSPS) is 12.1. The van der Waals surface area contributed by atoms with Gasteiger partial charge in [-0.1, -0.05) is 115 Å². The van der Waals surface area contributed by atoms with Crippen molar-refractivity contribution in [2.45, 2.75) is 0 Å². The SMILES string of the molecule is c1ccc(-n2c3ccccc3c3cc4c5ccccc5n(-c5cccc6c7ccccc7c7ccccc7c56)c4cc32)cc1. The van der Waals surface area contributed by atoms with Gasteiger partial charge in [0, 0.05) is 32.6 Å². The molecule has 0 radical (unpaired) electrons. The summed E-state index contributed by atoms with van der Waals surface area (Å²) in [6, 6.07) is 57.7. The van der Waals surface area contributed by atoms with Crippen molar-refractivity contribution < 1.29 is 0 Å². The van der Waals surface area contributed by atoms with Crippen LogP contribution >= 0.6 is 0 Å². The molecule has 10 aromatic rings. The zero-order valence-electron chi connectivity index (χ0n) is 23.9. The van der Waals surface area contributed by atoms with Gasteiger partial charge in [0.2, 0.25) is 0 Å². The summed E-state index contributed by atoms with van der Waals surface area (Å²) in [4.78, 5) is 0. The van der Waals surface area contributed by atoms with E-state index in [1.54, 1.807) is 0 Å². The summed E-state index contributed by atoms with van der Waals surface area (Å²) < 4.78 is 4.92. The highest BCUT2D eigenvalue weighted by atomic mass is 15.0. The van der Waals surface area contributed by atoms with Gasteiger partial charge in [-0.15, -0.1) is 0 Å². The van der Waals surface area contributed by atoms with Gasteiger partial charge in [-0.2, -0.15) is 0 Å². The Balaban J connectivity index is 1.43. The molecule has 2 nitrogen and oxygen atoms in total. The molecule has 0 bridgehead atoms. The van der Waals surface area contributed by atoms with E-state index in [4.69, 9.17) is 0 Å². The summed E-state index contributed by atoms with van der Waals surface area (Å²) in [5.74, 6) is 0. The lowest BCUT2D eigenvalue weighted by Gasteiger charge is -2.16. The summed E-state index contributed by atoms with van der Waals surface area (Å²) in [5, 5.41) is 12.8. The van der Waals surface area contributed by atoms with Crippen LogP contribution in [0.25, 0.3) is 87.3 Å².